The fourth-order valence-electron chi connectivity index (χ4n) is 1.73. The average molecular weight is 304 g/mol. The summed E-state index contributed by atoms with van der Waals surface area (Å²) in [5.74, 6) is -0.743. The molecule has 1 N–H and O–H groups in total. The molecule has 0 bridgehead atoms. The minimum Gasteiger partial charge on any atom is -0.388 e. The number of aliphatic hydroxyl groups excluding tert-OH is 1. The maximum Gasteiger partial charge on any atom is 0.128 e. The number of allylic oxidation sites excluding steroid dienone is 2. The lowest BCUT2D eigenvalue weighted by atomic mass is 9.90. The molecule has 0 amide bonds. The van der Waals surface area contributed by atoms with Gasteiger partial charge in [-0.15, -0.1) is 0 Å². The zero-order chi connectivity index (χ0) is 11.7. The van der Waals surface area contributed by atoms with Crippen LogP contribution in [0.1, 0.15) is 11.5 Å². The van der Waals surface area contributed by atoms with Gasteiger partial charge >= 0.3 is 0 Å². The SMILES string of the molecule is OC1C=C(Cl)C=CC1c1c(F)cccc1Br. The summed E-state index contributed by atoms with van der Waals surface area (Å²) in [5.41, 5.74) is 0.451. The Hall–Kier alpha value is -0.640. The molecular formula is C12H9BrClFO. The number of benzene rings is 1. The van der Waals surface area contributed by atoms with Crippen molar-refractivity contribution in [2.24, 2.45) is 0 Å². The highest BCUT2D eigenvalue weighted by Gasteiger charge is 2.24. The van der Waals surface area contributed by atoms with Gasteiger partial charge in [0.2, 0.25) is 0 Å². The third-order valence-electron chi connectivity index (χ3n) is 2.49. The lowest BCUT2D eigenvalue weighted by molar-refractivity contribution is 0.203. The van der Waals surface area contributed by atoms with Crippen LogP contribution in [0.25, 0.3) is 0 Å². The van der Waals surface area contributed by atoms with E-state index in [4.69, 9.17) is 11.6 Å². The van der Waals surface area contributed by atoms with Crippen LogP contribution < -0.4 is 0 Å². The normalized spacial score (nSPS) is 24.4. The summed E-state index contributed by atoms with van der Waals surface area (Å²) in [7, 11) is 0. The molecule has 2 atom stereocenters. The third kappa shape index (κ3) is 2.21. The number of hydrogen-bond acceptors (Lipinski definition) is 1. The van der Waals surface area contributed by atoms with E-state index in [0.29, 0.717) is 15.1 Å². The van der Waals surface area contributed by atoms with Gasteiger partial charge in [-0.3, -0.25) is 0 Å². The van der Waals surface area contributed by atoms with E-state index in [0.717, 1.165) is 0 Å². The summed E-state index contributed by atoms with van der Waals surface area (Å²) in [6, 6.07) is 4.74. The molecule has 2 rings (SSSR count). The first kappa shape index (κ1) is 11.8. The van der Waals surface area contributed by atoms with Crippen LogP contribution in [-0.4, -0.2) is 11.2 Å². The van der Waals surface area contributed by atoms with E-state index in [9.17, 15) is 9.50 Å². The Balaban J connectivity index is 2.43. The van der Waals surface area contributed by atoms with Gasteiger partial charge in [0.1, 0.15) is 5.82 Å². The van der Waals surface area contributed by atoms with Crippen molar-refractivity contribution >= 4 is 27.5 Å². The molecule has 0 saturated carbocycles. The van der Waals surface area contributed by atoms with E-state index >= 15 is 0 Å². The van der Waals surface area contributed by atoms with Crippen molar-refractivity contribution in [2.45, 2.75) is 12.0 Å². The molecule has 0 aromatic heterocycles. The smallest absolute Gasteiger partial charge is 0.128 e. The first-order valence-electron chi connectivity index (χ1n) is 4.77. The Bertz CT molecular complexity index is 450. The topological polar surface area (TPSA) is 20.2 Å². The van der Waals surface area contributed by atoms with Crippen LogP contribution in [0.2, 0.25) is 0 Å². The van der Waals surface area contributed by atoms with Crippen molar-refractivity contribution in [2.75, 3.05) is 0 Å². The van der Waals surface area contributed by atoms with E-state index in [2.05, 4.69) is 15.9 Å². The summed E-state index contributed by atoms with van der Waals surface area (Å²) < 4.78 is 14.3. The van der Waals surface area contributed by atoms with E-state index in [1.54, 1.807) is 24.3 Å². The van der Waals surface area contributed by atoms with Crippen molar-refractivity contribution in [1.29, 1.82) is 0 Å². The standard InChI is InChI=1S/C12H9BrClFO/c13-9-2-1-3-10(15)12(9)8-5-4-7(14)6-11(8)16/h1-6,8,11,16H. The van der Waals surface area contributed by atoms with Gasteiger partial charge in [-0.05, 0) is 24.3 Å². The molecule has 16 heavy (non-hydrogen) atoms. The first-order valence-corrected chi connectivity index (χ1v) is 5.94. The second-order valence-corrected chi connectivity index (χ2v) is 4.85. The molecule has 0 heterocycles. The molecule has 1 aliphatic carbocycles. The van der Waals surface area contributed by atoms with Crippen molar-refractivity contribution in [1.82, 2.24) is 0 Å². The van der Waals surface area contributed by atoms with Gasteiger partial charge in [-0.2, -0.15) is 0 Å². The Morgan fingerprint density at radius 3 is 2.75 bits per heavy atom. The minimum atomic E-state index is -0.800. The van der Waals surface area contributed by atoms with Crippen LogP contribution in [0, 0.1) is 5.82 Å². The number of halogens is 3. The molecule has 0 aliphatic heterocycles. The lowest BCUT2D eigenvalue weighted by Gasteiger charge is -2.22. The Labute approximate surface area is 106 Å². The monoisotopic (exact) mass is 302 g/mol. The van der Waals surface area contributed by atoms with Crippen LogP contribution in [-0.2, 0) is 0 Å². The molecule has 1 aliphatic rings. The van der Waals surface area contributed by atoms with Gasteiger partial charge in [0, 0.05) is 21.0 Å². The molecule has 1 nitrogen and oxygen atoms in total. The maximum atomic E-state index is 13.7. The zero-order valence-electron chi connectivity index (χ0n) is 8.20. The molecule has 84 valence electrons. The second kappa shape index (κ2) is 4.70. The Morgan fingerprint density at radius 2 is 2.12 bits per heavy atom. The molecular weight excluding hydrogens is 294 g/mol. The molecule has 2 unspecified atom stereocenters. The Morgan fingerprint density at radius 1 is 1.38 bits per heavy atom. The van der Waals surface area contributed by atoms with Crippen molar-refractivity contribution in [3.63, 3.8) is 0 Å². The molecule has 0 saturated heterocycles. The zero-order valence-corrected chi connectivity index (χ0v) is 10.5. The third-order valence-corrected chi connectivity index (χ3v) is 3.44. The molecule has 0 spiro atoms. The van der Waals surface area contributed by atoms with Crippen LogP contribution in [0.5, 0.6) is 0 Å². The molecule has 1 aromatic carbocycles. The van der Waals surface area contributed by atoms with Gasteiger partial charge in [0.05, 0.1) is 6.10 Å². The van der Waals surface area contributed by atoms with Gasteiger partial charge in [-0.1, -0.05) is 39.7 Å². The first-order chi connectivity index (χ1) is 7.59. The van der Waals surface area contributed by atoms with E-state index in [1.165, 1.54) is 12.1 Å². The van der Waals surface area contributed by atoms with E-state index < -0.39 is 12.0 Å². The van der Waals surface area contributed by atoms with Gasteiger partial charge in [0.25, 0.3) is 0 Å². The minimum absolute atomic E-state index is 0.338. The summed E-state index contributed by atoms with van der Waals surface area (Å²) in [6.45, 7) is 0. The number of rotatable bonds is 1. The summed E-state index contributed by atoms with van der Waals surface area (Å²) in [6.07, 6.45) is 4.07. The highest BCUT2D eigenvalue weighted by atomic mass is 79.9. The number of aliphatic hydroxyl groups is 1. The van der Waals surface area contributed by atoms with Gasteiger partial charge < -0.3 is 5.11 Å². The molecule has 1 aromatic rings. The molecule has 0 radical (unpaired) electrons. The van der Waals surface area contributed by atoms with E-state index in [-0.39, 0.29) is 5.82 Å². The predicted octanol–water partition coefficient (Wildman–Crippen LogP) is 3.73. The van der Waals surface area contributed by atoms with Crippen molar-refractivity contribution in [3.05, 3.63) is 57.3 Å². The molecule has 0 fully saturated rings. The van der Waals surface area contributed by atoms with Gasteiger partial charge in [-0.25, -0.2) is 4.39 Å². The maximum absolute atomic E-state index is 13.7. The summed E-state index contributed by atoms with van der Waals surface area (Å²) >= 11 is 9.04. The summed E-state index contributed by atoms with van der Waals surface area (Å²) in [4.78, 5) is 0. The van der Waals surface area contributed by atoms with E-state index in [1.807, 2.05) is 0 Å². The highest BCUT2D eigenvalue weighted by molar-refractivity contribution is 9.10. The number of hydrogen-bond donors (Lipinski definition) is 1. The van der Waals surface area contributed by atoms with Crippen molar-refractivity contribution < 1.29 is 9.50 Å². The predicted molar refractivity (Wildman–Crippen MR) is 65.9 cm³/mol. The summed E-state index contributed by atoms with van der Waals surface area (Å²) in [5, 5.41) is 10.3. The van der Waals surface area contributed by atoms with Gasteiger partial charge in [0.15, 0.2) is 0 Å². The second-order valence-electron chi connectivity index (χ2n) is 3.56. The highest BCUT2D eigenvalue weighted by Crippen LogP contribution is 2.34. The molecule has 4 heteroatoms. The Kier molecular flexibility index (Phi) is 3.47. The van der Waals surface area contributed by atoms with Crippen LogP contribution in [0.15, 0.2) is 45.9 Å². The van der Waals surface area contributed by atoms with Crippen LogP contribution >= 0.6 is 27.5 Å². The van der Waals surface area contributed by atoms with Crippen molar-refractivity contribution in [3.8, 4) is 0 Å². The largest absolute Gasteiger partial charge is 0.388 e. The fourth-order valence-corrected chi connectivity index (χ4v) is 2.54. The van der Waals surface area contributed by atoms with Crippen LogP contribution in [0.3, 0.4) is 0 Å². The fraction of sp³-hybridized carbons (Fsp3) is 0.167. The lowest BCUT2D eigenvalue weighted by Crippen LogP contribution is -2.18. The average Bonchev–Trinajstić information content (AvgIpc) is 2.20. The quantitative estimate of drug-likeness (QED) is 0.838. The van der Waals surface area contributed by atoms with Crippen LogP contribution in [0.4, 0.5) is 4.39 Å².